The van der Waals surface area contributed by atoms with Crippen LogP contribution in [-0.4, -0.2) is 30.3 Å². The van der Waals surface area contributed by atoms with E-state index in [1.807, 2.05) is 53.1 Å². The molecule has 1 unspecified atom stereocenters. The molecular weight excluding hydrogens is 416 g/mol. The van der Waals surface area contributed by atoms with Crippen molar-refractivity contribution in [3.63, 3.8) is 0 Å². The molecule has 0 saturated carbocycles. The standard InChI is InChI=1S/C19H19BrN2O3S/c1-13(25-15-6-4-3-5-7-15)18(23)21-19-22(10-11-24-2)16-9-8-14(20)12-17(16)26-19/h3-9,12-13H,10-11H2,1-2H3. The van der Waals surface area contributed by atoms with Gasteiger partial charge < -0.3 is 14.0 Å². The first-order chi connectivity index (χ1) is 12.6. The minimum atomic E-state index is -0.662. The molecule has 0 aliphatic rings. The number of carbonyl (C=O) groups excluding carboxylic acids is 1. The van der Waals surface area contributed by atoms with Gasteiger partial charge in [-0.05, 0) is 37.3 Å². The van der Waals surface area contributed by atoms with Gasteiger partial charge in [-0.1, -0.05) is 45.5 Å². The van der Waals surface area contributed by atoms with Crippen molar-refractivity contribution in [1.82, 2.24) is 4.57 Å². The van der Waals surface area contributed by atoms with E-state index in [1.54, 1.807) is 14.0 Å². The maximum Gasteiger partial charge on any atom is 0.289 e. The fourth-order valence-corrected chi connectivity index (χ4v) is 4.08. The van der Waals surface area contributed by atoms with Gasteiger partial charge in [-0.15, -0.1) is 0 Å². The van der Waals surface area contributed by atoms with Crippen LogP contribution >= 0.6 is 27.3 Å². The van der Waals surface area contributed by atoms with Gasteiger partial charge in [0.25, 0.3) is 5.91 Å². The van der Waals surface area contributed by atoms with Crippen molar-refractivity contribution in [1.29, 1.82) is 0 Å². The van der Waals surface area contributed by atoms with Crippen LogP contribution in [0.1, 0.15) is 6.92 Å². The Morgan fingerprint density at radius 3 is 2.77 bits per heavy atom. The molecule has 2 aromatic carbocycles. The van der Waals surface area contributed by atoms with Crippen molar-refractivity contribution >= 4 is 43.4 Å². The molecule has 0 radical (unpaired) electrons. The van der Waals surface area contributed by atoms with E-state index in [4.69, 9.17) is 9.47 Å². The number of thiazole rings is 1. The molecule has 1 amide bonds. The van der Waals surface area contributed by atoms with Crippen molar-refractivity contribution < 1.29 is 14.3 Å². The summed E-state index contributed by atoms with van der Waals surface area (Å²) in [5.41, 5.74) is 1.03. The number of hydrogen-bond donors (Lipinski definition) is 0. The van der Waals surface area contributed by atoms with Crippen LogP contribution in [0.2, 0.25) is 0 Å². The third-order valence-corrected chi connectivity index (χ3v) is 5.31. The maximum atomic E-state index is 12.5. The number of para-hydroxylation sites is 1. The Bertz CT molecular complexity index is 966. The average molecular weight is 435 g/mol. The summed E-state index contributed by atoms with van der Waals surface area (Å²) in [6, 6.07) is 15.3. The lowest BCUT2D eigenvalue weighted by Gasteiger charge is -2.10. The summed E-state index contributed by atoms with van der Waals surface area (Å²) in [5.74, 6) is 0.335. The quantitative estimate of drug-likeness (QED) is 0.588. The van der Waals surface area contributed by atoms with Crippen LogP contribution in [0.5, 0.6) is 5.75 Å². The number of ether oxygens (including phenoxy) is 2. The molecule has 136 valence electrons. The Morgan fingerprint density at radius 1 is 1.27 bits per heavy atom. The Morgan fingerprint density at radius 2 is 2.04 bits per heavy atom. The zero-order chi connectivity index (χ0) is 18.5. The molecule has 0 fully saturated rings. The Hall–Kier alpha value is -1.96. The number of halogens is 1. The summed E-state index contributed by atoms with van der Waals surface area (Å²) < 4.78 is 14.9. The van der Waals surface area contributed by atoms with Crippen LogP contribution in [0.3, 0.4) is 0 Å². The zero-order valence-electron chi connectivity index (χ0n) is 14.5. The van der Waals surface area contributed by atoms with Gasteiger partial charge in [0.15, 0.2) is 10.9 Å². The van der Waals surface area contributed by atoms with E-state index in [0.29, 0.717) is 23.7 Å². The molecule has 3 rings (SSSR count). The highest BCUT2D eigenvalue weighted by molar-refractivity contribution is 9.10. The number of carbonyl (C=O) groups is 1. The van der Waals surface area contributed by atoms with E-state index in [1.165, 1.54) is 11.3 Å². The van der Waals surface area contributed by atoms with Crippen molar-refractivity contribution in [3.8, 4) is 5.75 Å². The fraction of sp³-hybridized carbons (Fsp3) is 0.263. The first-order valence-corrected chi connectivity index (χ1v) is 9.77. The minimum Gasteiger partial charge on any atom is -0.481 e. The van der Waals surface area contributed by atoms with E-state index in [-0.39, 0.29) is 5.91 Å². The Balaban J connectivity index is 1.93. The molecule has 3 aromatic rings. The van der Waals surface area contributed by atoms with Crippen LogP contribution in [0.25, 0.3) is 10.2 Å². The third kappa shape index (κ3) is 4.41. The SMILES string of the molecule is COCCn1c(=NC(=O)C(C)Oc2ccccc2)sc2cc(Br)ccc21. The van der Waals surface area contributed by atoms with E-state index in [2.05, 4.69) is 20.9 Å². The predicted octanol–water partition coefficient (Wildman–Crippen LogP) is 4.01. The second-order valence-corrected chi connectivity index (χ2v) is 7.59. The number of amides is 1. The van der Waals surface area contributed by atoms with Crippen LogP contribution in [0.15, 0.2) is 58.0 Å². The monoisotopic (exact) mass is 434 g/mol. The van der Waals surface area contributed by atoms with Gasteiger partial charge in [-0.25, -0.2) is 0 Å². The molecule has 7 heteroatoms. The van der Waals surface area contributed by atoms with Gasteiger partial charge in [0.1, 0.15) is 5.75 Å². The molecule has 0 spiro atoms. The Kier molecular flexibility index (Phi) is 6.24. The molecule has 0 aliphatic carbocycles. The fourth-order valence-electron chi connectivity index (χ4n) is 2.47. The van der Waals surface area contributed by atoms with Crippen molar-refractivity contribution in [3.05, 3.63) is 57.8 Å². The summed E-state index contributed by atoms with van der Waals surface area (Å²) in [5, 5.41) is 0. The molecule has 0 bridgehead atoms. The van der Waals surface area contributed by atoms with E-state index in [9.17, 15) is 4.79 Å². The molecule has 0 aliphatic heterocycles. The number of aromatic nitrogens is 1. The average Bonchev–Trinajstić information content (AvgIpc) is 2.96. The van der Waals surface area contributed by atoms with Crippen LogP contribution in [0, 0.1) is 0 Å². The highest BCUT2D eigenvalue weighted by atomic mass is 79.9. The lowest BCUT2D eigenvalue weighted by molar-refractivity contribution is -0.124. The number of rotatable bonds is 6. The second kappa shape index (κ2) is 8.62. The van der Waals surface area contributed by atoms with Gasteiger partial charge in [0, 0.05) is 18.1 Å². The van der Waals surface area contributed by atoms with E-state index < -0.39 is 6.10 Å². The van der Waals surface area contributed by atoms with Crippen LogP contribution in [-0.2, 0) is 16.1 Å². The number of fused-ring (bicyclic) bond motifs is 1. The predicted molar refractivity (Wildman–Crippen MR) is 106 cm³/mol. The minimum absolute atomic E-state index is 0.314. The van der Waals surface area contributed by atoms with Crippen molar-refractivity contribution in [2.75, 3.05) is 13.7 Å². The van der Waals surface area contributed by atoms with Crippen molar-refractivity contribution in [2.45, 2.75) is 19.6 Å². The van der Waals surface area contributed by atoms with Crippen LogP contribution in [0.4, 0.5) is 0 Å². The van der Waals surface area contributed by atoms with Gasteiger partial charge in [0.2, 0.25) is 0 Å². The smallest absolute Gasteiger partial charge is 0.289 e. The van der Waals surface area contributed by atoms with Crippen molar-refractivity contribution in [2.24, 2.45) is 4.99 Å². The summed E-state index contributed by atoms with van der Waals surface area (Å²) in [6.45, 7) is 2.87. The van der Waals surface area contributed by atoms with Gasteiger partial charge in [-0.3, -0.25) is 4.79 Å². The number of hydrogen-bond acceptors (Lipinski definition) is 4. The van der Waals surface area contributed by atoms with Crippen LogP contribution < -0.4 is 9.54 Å². The first kappa shape index (κ1) is 18.8. The largest absolute Gasteiger partial charge is 0.481 e. The van der Waals surface area contributed by atoms with E-state index in [0.717, 1.165) is 14.7 Å². The highest BCUT2D eigenvalue weighted by Gasteiger charge is 2.15. The highest BCUT2D eigenvalue weighted by Crippen LogP contribution is 2.22. The molecule has 1 aromatic heterocycles. The summed E-state index contributed by atoms with van der Waals surface area (Å²) in [4.78, 5) is 17.5. The molecular formula is C19H19BrN2O3S. The summed E-state index contributed by atoms with van der Waals surface area (Å²) >= 11 is 4.96. The molecule has 1 heterocycles. The number of nitrogens with zero attached hydrogens (tertiary/aromatic N) is 2. The van der Waals surface area contributed by atoms with Gasteiger partial charge >= 0.3 is 0 Å². The molecule has 5 nitrogen and oxygen atoms in total. The Labute approximate surface area is 164 Å². The normalized spacial score (nSPS) is 13.1. The van der Waals surface area contributed by atoms with Gasteiger partial charge in [-0.2, -0.15) is 4.99 Å². The third-order valence-electron chi connectivity index (χ3n) is 3.77. The summed E-state index contributed by atoms with van der Waals surface area (Å²) in [7, 11) is 1.66. The molecule has 1 atom stereocenters. The number of benzene rings is 2. The maximum absolute atomic E-state index is 12.5. The molecule has 0 saturated heterocycles. The topological polar surface area (TPSA) is 52.8 Å². The zero-order valence-corrected chi connectivity index (χ0v) is 16.9. The summed E-state index contributed by atoms with van der Waals surface area (Å²) in [6.07, 6.45) is -0.662. The molecule has 26 heavy (non-hydrogen) atoms. The first-order valence-electron chi connectivity index (χ1n) is 8.16. The lowest BCUT2D eigenvalue weighted by atomic mass is 10.3. The molecule has 0 N–H and O–H groups in total. The van der Waals surface area contributed by atoms with E-state index >= 15 is 0 Å². The second-order valence-electron chi connectivity index (χ2n) is 5.66. The lowest BCUT2D eigenvalue weighted by Crippen LogP contribution is -2.26. The van der Waals surface area contributed by atoms with Gasteiger partial charge in [0.05, 0.1) is 16.8 Å². The number of methoxy groups -OCH3 is 1.